The summed E-state index contributed by atoms with van der Waals surface area (Å²) in [5.74, 6) is -1.67. The van der Waals surface area contributed by atoms with Crippen molar-refractivity contribution in [2.24, 2.45) is 0 Å². The van der Waals surface area contributed by atoms with Crippen LogP contribution in [0.15, 0.2) is 18.2 Å². The molecule has 2 aromatic rings. The number of halogens is 3. The van der Waals surface area contributed by atoms with Gasteiger partial charge in [-0.25, -0.2) is 9.78 Å². The molecule has 0 unspecified atom stereocenters. The van der Waals surface area contributed by atoms with Crippen LogP contribution in [0, 0.1) is 0 Å². The van der Waals surface area contributed by atoms with Crippen molar-refractivity contribution in [2.45, 2.75) is 6.29 Å². The Labute approximate surface area is 109 Å². The lowest BCUT2D eigenvalue weighted by molar-refractivity contribution is -0.286. The zero-order valence-electron chi connectivity index (χ0n) is 8.99. The van der Waals surface area contributed by atoms with Crippen molar-refractivity contribution in [2.75, 3.05) is 0 Å². The number of aromatic carboxylic acids is 1. The Morgan fingerprint density at radius 2 is 1.89 bits per heavy atom. The molecule has 0 bridgehead atoms. The first kappa shape index (κ1) is 11.9. The third kappa shape index (κ3) is 1.91. The van der Waals surface area contributed by atoms with Crippen molar-refractivity contribution < 1.29 is 28.2 Å². The molecule has 0 atom stereocenters. The van der Waals surface area contributed by atoms with Crippen molar-refractivity contribution in [3.8, 4) is 11.5 Å². The number of carboxylic acids is 1. The smallest absolute Gasteiger partial charge is 0.477 e. The summed E-state index contributed by atoms with van der Waals surface area (Å²) in [7, 11) is 0. The fraction of sp³-hybridized carbons (Fsp3) is 0.0909. The zero-order valence-corrected chi connectivity index (χ0v) is 9.74. The zero-order chi connectivity index (χ0) is 13.8. The van der Waals surface area contributed by atoms with Crippen LogP contribution >= 0.6 is 11.6 Å². The minimum atomic E-state index is -3.75. The number of alkyl halides is 2. The highest BCUT2D eigenvalue weighted by Crippen LogP contribution is 2.44. The van der Waals surface area contributed by atoms with Crippen LogP contribution in [0.4, 0.5) is 8.78 Å². The lowest BCUT2D eigenvalue weighted by atomic mass is 10.2. The minimum Gasteiger partial charge on any atom is -0.477 e. The van der Waals surface area contributed by atoms with Crippen LogP contribution in [0.3, 0.4) is 0 Å². The van der Waals surface area contributed by atoms with Gasteiger partial charge in [0.05, 0.1) is 10.5 Å². The van der Waals surface area contributed by atoms with E-state index in [1.165, 1.54) is 6.07 Å². The van der Waals surface area contributed by atoms with Gasteiger partial charge in [0, 0.05) is 11.5 Å². The van der Waals surface area contributed by atoms with Gasteiger partial charge in [0.1, 0.15) is 5.69 Å². The maximum Gasteiger partial charge on any atom is 0.586 e. The molecule has 19 heavy (non-hydrogen) atoms. The molecule has 3 rings (SSSR count). The van der Waals surface area contributed by atoms with Gasteiger partial charge in [0.25, 0.3) is 0 Å². The van der Waals surface area contributed by atoms with Gasteiger partial charge >= 0.3 is 12.3 Å². The Balaban J connectivity index is 2.24. The molecular formula is C11H4ClF2NO4. The van der Waals surface area contributed by atoms with Crippen LogP contribution in [-0.4, -0.2) is 22.4 Å². The van der Waals surface area contributed by atoms with Crippen LogP contribution in [0.1, 0.15) is 10.5 Å². The number of hydrogen-bond acceptors (Lipinski definition) is 4. The van der Waals surface area contributed by atoms with E-state index in [4.69, 9.17) is 16.7 Å². The van der Waals surface area contributed by atoms with Gasteiger partial charge in [0.2, 0.25) is 0 Å². The maximum atomic E-state index is 12.9. The first-order valence-electron chi connectivity index (χ1n) is 4.99. The van der Waals surface area contributed by atoms with Crippen LogP contribution in [0.5, 0.6) is 11.5 Å². The molecule has 1 aliphatic heterocycles. The summed E-state index contributed by atoms with van der Waals surface area (Å²) in [6.45, 7) is 0. The molecule has 98 valence electrons. The van der Waals surface area contributed by atoms with E-state index in [1.807, 2.05) is 0 Å². The first-order valence-corrected chi connectivity index (χ1v) is 5.37. The van der Waals surface area contributed by atoms with Gasteiger partial charge in [-0.05, 0) is 12.1 Å². The standard InChI is InChI=1S/C11H4ClF2NO4/c12-5-2-7(10(16)17)15-6-3-9-8(1-4(5)6)18-11(13,14)19-9/h1-3H,(H,16,17). The van der Waals surface area contributed by atoms with Crippen LogP contribution < -0.4 is 9.47 Å². The molecular weight excluding hydrogens is 284 g/mol. The highest BCUT2D eigenvalue weighted by atomic mass is 35.5. The van der Waals surface area contributed by atoms with E-state index in [9.17, 15) is 13.6 Å². The van der Waals surface area contributed by atoms with Crippen molar-refractivity contribution in [1.29, 1.82) is 0 Å². The summed E-state index contributed by atoms with van der Waals surface area (Å²) < 4.78 is 34.3. The summed E-state index contributed by atoms with van der Waals surface area (Å²) in [5, 5.41) is 9.22. The number of pyridine rings is 1. The van der Waals surface area contributed by atoms with Gasteiger partial charge in [-0.15, -0.1) is 8.78 Å². The number of ether oxygens (including phenoxy) is 2. The van der Waals surface area contributed by atoms with Crippen molar-refractivity contribution >= 4 is 28.5 Å². The third-order valence-corrected chi connectivity index (χ3v) is 2.81. The molecule has 0 amide bonds. The number of benzene rings is 1. The van der Waals surface area contributed by atoms with Crippen LogP contribution in [0.2, 0.25) is 5.02 Å². The van der Waals surface area contributed by atoms with E-state index >= 15 is 0 Å². The van der Waals surface area contributed by atoms with E-state index in [0.717, 1.165) is 12.1 Å². The van der Waals surface area contributed by atoms with Gasteiger partial charge in [-0.3, -0.25) is 0 Å². The largest absolute Gasteiger partial charge is 0.586 e. The molecule has 0 radical (unpaired) electrons. The highest BCUT2D eigenvalue weighted by molar-refractivity contribution is 6.35. The molecule has 1 aromatic carbocycles. The quantitative estimate of drug-likeness (QED) is 0.873. The van der Waals surface area contributed by atoms with Gasteiger partial charge < -0.3 is 14.6 Å². The molecule has 1 N–H and O–H groups in total. The first-order chi connectivity index (χ1) is 8.85. The summed E-state index contributed by atoms with van der Waals surface area (Å²) >= 11 is 5.89. The summed E-state index contributed by atoms with van der Waals surface area (Å²) in [4.78, 5) is 14.6. The molecule has 0 saturated heterocycles. The normalized spacial score (nSPS) is 15.7. The minimum absolute atomic E-state index is 0.0732. The average Bonchev–Trinajstić information content (AvgIpc) is 2.59. The number of aromatic nitrogens is 1. The number of carbonyl (C=O) groups is 1. The summed E-state index contributed by atoms with van der Waals surface area (Å²) in [6.07, 6.45) is -3.75. The Bertz CT molecular complexity index is 719. The van der Waals surface area contributed by atoms with E-state index < -0.39 is 12.3 Å². The molecule has 0 saturated carbocycles. The molecule has 0 spiro atoms. The Hall–Kier alpha value is -2.15. The SMILES string of the molecule is O=C(O)c1cc(Cl)c2cc3c(cc2n1)OC(F)(F)O3. The third-order valence-electron chi connectivity index (χ3n) is 2.50. The fourth-order valence-electron chi connectivity index (χ4n) is 1.74. The monoisotopic (exact) mass is 287 g/mol. The Morgan fingerprint density at radius 3 is 2.53 bits per heavy atom. The molecule has 5 nitrogen and oxygen atoms in total. The number of fused-ring (bicyclic) bond motifs is 2. The van der Waals surface area contributed by atoms with Crippen molar-refractivity contribution in [1.82, 2.24) is 4.98 Å². The summed E-state index contributed by atoms with van der Waals surface area (Å²) in [5.41, 5.74) is -0.159. The predicted octanol–water partition coefficient (Wildman–Crippen LogP) is 2.91. The lowest BCUT2D eigenvalue weighted by Crippen LogP contribution is -2.25. The number of hydrogen-bond donors (Lipinski definition) is 1. The average molecular weight is 288 g/mol. The van der Waals surface area contributed by atoms with Gasteiger partial charge in [-0.1, -0.05) is 11.6 Å². The van der Waals surface area contributed by atoms with Crippen LogP contribution in [-0.2, 0) is 0 Å². The number of nitrogens with zero attached hydrogens (tertiary/aromatic N) is 1. The van der Waals surface area contributed by atoms with Gasteiger partial charge in [0.15, 0.2) is 11.5 Å². The topological polar surface area (TPSA) is 68.7 Å². The van der Waals surface area contributed by atoms with Gasteiger partial charge in [-0.2, -0.15) is 0 Å². The maximum absolute atomic E-state index is 12.9. The summed E-state index contributed by atoms with van der Waals surface area (Å²) in [6, 6.07) is 3.52. The Morgan fingerprint density at radius 1 is 1.26 bits per heavy atom. The van der Waals surface area contributed by atoms with Crippen molar-refractivity contribution in [3.63, 3.8) is 0 Å². The lowest BCUT2D eigenvalue weighted by Gasteiger charge is -2.04. The van der Waals surface area contributed by atoms with Crippen LogP contribution in [0.25, 0.3) is 10.9 Å². The second-order valence-electron chi connectivity index (χ2n) is 3.78. The predicted molar refractivity (Wildman–Crippen MR) is 59.9 cm³/mol. The fourth-order valence-corrected chi connectivity index (χ4v) is 1.99. The van der Waals surface area contributed by atoms with E-state index in [0.29, 0.717) is 5.39 Å². The number of rotatable bonds is 1. The molecule has 2 heterocycles. The molecule has 0 fully saturated rings. The highest BCUT2D eigenvalue weighted by Gasteiger charge is 2.43. The second-order valence-corrected chi connectivity index (χ2v) is 4.19. The van der Waals surface area contributed by atoms with E-state index in [1.54, 1.807) is 0 Å². The molecule has 8 heteroatoms. The van der Waals surface area contributed by atoms with E-state index in [2.05, 4.69) is 14.5 Å². The molecule has 1 aliphatic rings. The Kier molecular flexibility index (Phi) is 2.30. The van der Waals surface area contributed by atoms with E-state index in [-0.39, 0.29) is 27.7 Å². The number of carboxylic acid groups (broad SMARTS) is 1. The molecule has 0 aliphatic carbocycles. The van der Waals surface area contributed by atoms with Crippen molar-refractivity contribution in [3.05, 3.63) is 28.9 Å². The second kappa shape index (κ2) is 3.67. The molecule has 1 aromatic heterocycles.